The number of benzene rings is 1. The highest BCUT2D eigenvalue weighted by atomic mass is 16.2. The summed E-state index contributed by atoms with van der Waals surface area (Å²) in [5, 5.41) is 3.21. The predicted molar refractivity (Wildman–Crippen MR) is 100 cm³/mol. The lowest BCUT2D eigenvalue weighted by Gasteiger charge is -2.31. The third-order valence-electron chi connectivity index (χ3n) is 4.91. The molecule has 5 nitrogen and oxygen atoms in total. The van der Waals surface area contributed by atoms with Crippen LogP contribution in [0, 0.1) is 0 Å². The van der Waals surface area contributed by atoms with E-state index < -0.39 is 0 Å². The number of amides is 1. The van der Waals surface area contributed by atoms with Crippen LogP contribution in [0.5, 0.6) is 0 Å². The third-order valence-corrected chi connectivity index (χ3v) is 4.91. The molecule has 0 bridgehead atoms. The number of carbonyl (C=O) groups is 1. The lowest BCUT2D eigenvalue weighted by molar-refractivity contribution is -0.121. The highest BCUT2D eigenvalue weighted by molar-refractivity contribution is 5.82. The van der Waals surface area contributed by atoms with Crippen molar-refractivity contribution in [2.45, 2.75) is 37.8 Å². The number of pyridine rings is 1. The molecule has 0 atom stereocenters. The summed E-state index contributed by atoms with van der Waals surface area (Å²) in [6, 6.07) is 14.0. The fraction of sp³-hybridized carbons (Fsp3) is 0.400. The topological polar surface area (TPSA) is 71.2 Å². The Morgan fingerprint density at radius 1 is 1.16 bits per heavy atom. The molecule has 3 N–H and O–H groups in total. The van der Waals surface area contributed by atoms with Crippen molar-refractivity contribution in [1.29, 1.82) is 0 Å². The molecule has 0 radical (unpaired) electrons. The van der Waals surface area contributed by atoms with Gasteiger partial charge in [-0.25, -0.2) is 0 Å². The smallest absolute Gasteiger partial charge is 0.240 e. The van der Waals surface area contributed by atoms with Crippen molar-refractivity contribution in [1.82, 2.24) is 10.3 Å². The molecule has 1 amide bonds. The van der Waals surface area contributed by atoms with Gasteiger partial charge in [-0.15, -0.1) is 0 Å². The number of hydrogen-bond donors (Lipinski definition) is 2. The quantitative estimate of drug-likeness (QED) is 0.813. The molecule has 0 aliphatic heterocycles. The second kappa shape index (κ2) is 8.12. The van der Waals surface area contributed by atoms with Gasteiger partial charge < -0.3 is 16.0 Å². The molecule has 1 aliphatic rings. The minimum absolute atomic E-state index is 0.0279. The van der Waals surface area contributed by atoms with Crippen molar-refractivity contribution in [3.63, 3.8) is 0 Å². The van der Waals surface area contributed by atoms with Gasteiger partial charge in [-0.05, 0) is 36.6 Å². The predicted octanol–water partition coefficient (Wildman–Crippen LogP) is 2.48. The molecule has 1 fully saturated rings. The molecule has 5 heteroatoms. The van der Waals surface area contributed by atoms with Gasteiger partial charge in [0.05, 0.1) is 12.1 Å². The molecule has 25 heavy (non-hydrogen) atoms. The SMILES string of the molecule is NCC1(NC(=O)CN(Cc2cccnc2)c2ccccc2)CCCC1. The average Bonchev–Trinajstić information content (AvgIpc) is 3.11. The van der Waals surface area contributed by atoms with E-state index in [0.29, 0.717) is 19.6 Å². The second-order valence-corrected chi connectivity index (χ2v) is 6.79. The minimum atomic E-state index is -0.215. The van der Waals surface area contributed by atoms with Gasteiger partial charge in [0.1, 0.15) is 0 Å². The summed E-state index contributed by atoms with van der Waals surface area (Å²) in [5.74, 6) is 0.0279. The summed E-state index contributed by atoms with van der Waals surface area (Å²) < 4.78 is 0. The summed E-state index contributed by atoms with van der Waals surface area (Å²) in [7, 11) is 0. The second-order valence-electron chi connectivity index (χ2n) is 6.79. The summed E-state index contributed by atoms with van der Waals surface area (Å²) in [6.07, 6.45) is 7.82. The largest absolute Gasteiger partial charge is 0.358 e. The molecule has 1 saturated carbocycles. The maximum atomic E-state index is 12.7. The van der Waals surface area contributed by atoms with Crippen LogP contribution in [0.15, 0.2) is 54.9 Å². The number of nitrogens with two attached hydrogens (primary N) is 1. The Morgan fingerprint density at radius 2 is 1.92 bits per heavy atom. The lowest BCUT2D eigenvalue weighted by Crippen LogP contribution is -2.54. The van der Waals surface area contributed by atoms with Gasteiger partial charge in [0.25, 0.3) is 0 Å². The zero-order valence-corrected chi connectivity index (χ0v) is 14.5. The van der Waals surface area contributed by atoms with Gasteiger partial charge >= 0.3 is 0 Å². The average molecular weight is 338 g/mol. The molecule has 1 aliphatic carbocycles. The highest BCUT2D eigenvalue weighted by Crippen LogP contribution is 2.28. The molecule has 1 heterocycles. The minimum Gasteiger partial charge on any atom is -0.358 e. The molecular weight excluding hydrogens is 312 g/mol. The number of anilines is 1. The fourth-order valence-corrected chi connectivity index (χ4v) is 3.53. The van der Waals surface area contributed by atoms with E-state index in [1.165, 1.54) is 0 Å². The Bertz CT molecular complexity index is 669. The lowest BCUT2D eigenvalue weighted by atomic mass is 9.98. The first kappa shape index (κ1) is 17.4. The van der Waals surface area contributed by atoms with E-state index in [4.69, 9.17) is 5.73 Å². The number of carbonyl (C=O) groups excluding carboxylic acids is 1. The summed E-state index contributed by atoms with van der Waals surface area (Å²) in [6.45, 7) is 1.45. The van der Waals surface area contributed by atoms with Gasteiger partial charge in [0.15, 0.2) is 0 Å². The van der Waals surface area contributed by atoms with Crippen molar-refractivity contribution in [2.75, 3.05) is 18.0 Å². The molecule has 0 spiro atoms. The van der Waals surface area contributed by atoms with Crippen LogP contribution in [0.2, 0.25) is 0 Å². The van der Waals surface area contributed by atoms with Crippen molar-refractivity contribution in [2.24, 2.45) is 5.73 Å². The van der Waals surface area contributed by atoms with Gasteiger partial charge in [-0.2, -0.15) is 0 Å². The van der Waals surface area contributed by atoms with Crippen LogP contribution in [0.1, 0.15) is 31.2 Å². The molecule has 3 rings (SSSR count). The zero-order chi connectivity index (χ0) is 17.5. The highest BCUT2D eigenvalue weighted by Gasteiger charge is 2.34. The molecule has 0 saturated heterocycles. The number of nitrogens with zero attached hydrogens (tertiary/aromatic N) is 2. The van der Waals surface area contributed by atoms with E-state index in [1.54, 1.807) is 6.20 Å². The normalized spacial score (nSPS) is 15.7. The first-order valence-electron chi connectivity index (χ1n) is 8.91. The number of rotatable bonds is 7. The van der Waals surface area contributed by atoms with Gasteiger partial charge in [-0.1, -0.05) is 37.1 Å². The van der Waals surface area contributed by atoms with Crippen LogP contribution in [-0.2, 0) is 11.3 Å². The van der Waals surface area contributed by atoms with E-state index >= 15 is 0 Å². The van der Waals surface area contributed by atoms with Crippen molar-refractivity contribution >= 4 is 11.6 Å². The number of hydrogen-bond acceptors (Lipinski definition) is 4. The van der Waals surface area contributed by atoms with Crippen LogP contribution in [-0.4, -0.2) is 29.5 Å². The Hall–Kier alpha value is -2.40. The number of aromatic nitrogens is 1. The van der Waals surface area contributed by atoms with Gasteiger partial charge in [-0.3, -0.25) is 9.78 Å². The van der Waals surface area contributed by atoms with E-state index in [9.17, 15) is 4.79 Å². The first-order valence-corrected chi connectivity index (χ1v) is 8.91. The molecule has 1 aromatic carbocycles. The van der Waals surface area contributed by atoms with Crippen molar-refractivity contribution in [3.8, 4) is 0 Å². The van der Waals surface area contributed by atoms with Crippen LogP contribution < -0.4 is 16.0 Å². The summed E-state index contributed by atoms with van der Waals surface area (Å²) >= 11 is 0. The van der Waals surface area contributed by atoms with Gasteiger partial charge in [0, 0.05) is 31.2 Å². The van der Waals surface area contributed by atoms with Crippen LogP contribution in [0.3, 0.4) is 0 Å². The molecule has 0 unspecified atom stereocenters. The molecule has 132 valence electrons. The molecular formula is C20H26N4O. The van der Waals surface area contributed by atoms with E-state index in [1.807, 2.05) is 48.7 Å². The molecule has 1 aromatic heterocycles. The maximum absolute atomic E-state index is 12.7. The van der Waals surface area contributed by atoms with E-state index in [-0.39, 0.29) is 11.4 Å². The molecule has 2 aromatic rings. The Kier molecular flexibility index (Phi) is 5.66. The summed E-state index contributed by atoms with van der Waals surface area (Å²) in [4.78, 5) is 19.0. The Morgan fingerprint density at radius 3 is 2.56 bits per heavy atom. The van der Waals surface area contributed by atoms with Crippen LogP contribution in [0.25, 0.3) is 0 Å². The van der Waals surface area contributed by atoms with Crippen LogP contribution >= 0.6 is 0 Å². The number of nitrogens with one attached hydrogen (secondary N) is 1. The maximum Gasteiger partial charge on any atom is 0.240 e. The summed E-state index contributed by atoms with van der Waals surface area (Å²) in [5.41, 5.74) is 7.83. The Balaban J connectivity index is 1.72. The van der Waals surface area contributed by atoms with Crippen molar-refractivity contribution in [3.05, 3.63) is 60.4 Å². The van der Waals surface area contributed by atoms with E-state index in [2.05, 4.69) is 15.2 Å². The fourth-order valence-electron chi connectivity index (χ4n) is 3.53. The first-order chi connectivity index (χ1) is 12.2. The van der Waals surface area contributed by atoms with Crippen molar-refractivity contribution < 1.29 is 4.79 Å². The number of para-hydroxylation sites is 1. The van der Waals surface area contributed by atoms with Gasteiger partial charge in [0.2, 0.25) is 5.91 Å². The Labute approximate surface area is 149 Å². The monoisotopic (exact) mass is 338 g/mol. The van der Waals surface area contributed by atoms with Crippen LogP contribution in [0.4, 0.5) is 5.69 Å². The third kappa shape index (κ3) is 4.57. The standard InChI is InChI=1S/C20H26N4O/c21-16-20(10-4-5-11-20)23-19(25)15-24(18-8-2-1-3-9-18)14-17-7-6-12-22-13-17/h1-3,6-9,12-13H,4-5,10-11,14-16,21H2,(H,23,25). The zero-order valence-electron chi connectivity index (χ0n) is 14.5. The van der Waals surface area contributed by atoms with E-state index in [0.717, 1.165) is 36.9 Å².